The van der Waals surface area contributed by atoms with Gasteiger partial charge < -0.3 is 14.2 Å². The molecule has 16 heavy (non-hydrogen) atoms. The lowest BCUT2D eigenvalue weighted by atomic mass is 9.93. The van der Waals surface area contributed by atoms with Gasteiger partial charge in [0.2, 0.25) is 0 Å². The van der Waals surface area contributed by atoms with Crippen molar-refractivity contribution in [2.45, 2.75) is 32.5 Å². The molecule has 0 bridgehead atoms. The van der Waals surface area contributed by atoms with Gasteiger partial charge in [0, 0.05) is 13.2 Å². The van der Waals surface area contributed by atoms with Gasteiger partial charge in [-0.2, -0.15) is 8.78 Å². The third kappa shape index (κ3) is 1.71. The molecule has 0 atom stereocenters. The Morgan fingerprint density at radius 1 is 1.06 bits per heavy atom. The second-order valence-electron chi connectivity index (χ2n) is 3.13. The highest BCUT2D eigenvalue weighted by Gasteiger charge is 2.72. The van der Waals surface area contributed by atoms with Gasteiger partial charge in [0.05, 0.1) is 6.61 Å². The second-order valence-corrected chi connectivity index (χ2v) is 3.51. The summed E-state index contributed by atoms with van der Waals surface area (Å²) in [4.78, 5) is 0. The highest BCUT2D eigenvalue weighted by Crippen LogP contribution is 2.56. The minimum atomic E-state index is -3.34. The SMILES string of the molecule is CCOC1=C(Cl)C(OCC)(OCC)C1(F)F. The fraction of sp³-hybridized carbons (Fsp3) is 0.800. The molecule has 0 aromatic rings. The van der Waals surface area contributed by atoms with Crippen molar-refractivity contribution in [2.24, 2.45) is 0 Å². The van der Waals surface area contributed by atoms with E-state index in [1.165, 1.54) is 0 Å². The molecule has 0 saturated carbocycles. The minimum Gasteiger partial charge on any atom is -0.490 e. The molecule has 1 rings (SSSR count). The van der Waals surface area contributed by atoms with Crippen LogP contribution in [-0.4, -0.2) is 31.5 Å². The van der Waals surface area contributed by atoms with Crippen molar-refractivity contribution in [3.8, 4) is 0 Å². The summed E-state index contributed by atoms with van der Waals surface area (Å²) in [5.74, 6) is -6.06. The monoisotopic (exact) mass is 256 g/mol. The third-order valence-corrected chi connectivity index (χ3v) is 2.59. The van der Waals surface area contributed by atoms with E-state index in [2.05, 4.69) is 0 Å². The summed E-state index contributed by atoms with van der Waals surface area (Å²) in [5, 5.41) is -0.206. The first-order valence-electron chi connectivity index (χ1n) is 5.17. The normalized spacial score (nSPS) is 21.9. The number of rotatable bonds is 6. The number of halogens is 3. The van der Waals surface area contributed by atoms with Crippen LogP contribution < -0.4 is 0 Å². The van der Waals surface area contributed by atoms with Crippen LogP contribution in [-0.2, 0) is 14.2 Å². The number of hydrogen-bond acceptors (Lipinski definition) is 3. The molecule has 0 aromatic carbocycles. The predicted octanol–water partition coefficient (Wildman–Crippen LogP) is 2.89. The van der Waals surface area contributed by atoms with Gasteiger partial charge in [-0.15, -0.1) is 0 Å². The van der Waals surface area contributed by atoms with E-state index in [9.17, 15) is 8.78 Å². The van der Waals surface area contributed by atoms with E-state index in [1.807, 2.05) is 0 Å². The zero-order valence-electron chi connectivity index (χ0n) is 9.48. The second kappa shape index (κ2) is 4.85. The molecule has 0 radical (unpaired) electrons. The fourth-order valence-electron chi connectivity index (χ4n) is 1.57. The van der Waals surface area contributed by atoms with Crippen LogP contribution in [0.3, 0.4) is 0 Å². The molecule has 0 amide bonds. The lowest BCUT2D eigenvalue weighted by Gasteiger charge is -2.46. The average molecular weight is 257 g/mol. The Hall–Kier alpha value is -0.390. The Morgan fingerprint density at radius 3 is 1.88 bits per heavy atom. The summed E-state index contributed by atoms with van der Waals surface area (Å²) < 4.78 is 42.4. The van der Waals surface area contributed by atoms with Gasteiger partial charge in [-0.05, 0) is 20.8 Å². The molecule has 6 heteroatoms. The Balaban J connectivity index is 3.03. The van der Waals surface area contributed by atoms with Crippen LogP contribution in [0.4, 0.5) is 8.78 Å². The minimum absolute atomic E-state index is 0.0746. The van der Waals surface area contributed by atoms with E-state index < -0.39 is 17.5 Å². The van der Waals surface area contributed by atoms with Crippen LogP contribution in [0.15, 0.2) is 10.8 Å². The van der Waals surface area contributed by atoms with Gasteiger partial charge in [-0.25, -0.2) is 0 Å². The van der Waals surface area contributed by atoms with Crippen molar-refractivity contribution >= 4 is 11.6 Å². The third-order valence-electron chi connectivity index (χ3n) is 2.17. The average Bonchev–Trinajstić information content (AvgIpc) is 2.24. The van der Waals surface area contributed by atoms with Crippen molar-refractivity contribution in [3.63, 3.8) is 0 Å². The van der Waals surface area contributed by atoms with Crippen LogP contribution in [0.25, 0.3) is 0 Å². The summed E-state index contributed by atoms with van der Waals surface area (Å²) in [6.07, 6.45) is 0. The molecule has 0 heterocycles. The maximum absolute atomic E-state index is 13.8. The predicted molar refractivity (Wildman–Crippen MR) is 55.4 cm³/mol. The first kappa shape index (κ1) is 13.7. The number of hydrogen-bond donors (Lipinski definition) is 0. The van der Waals surface area contributed by atoms with Crippen LogP contribution in [0.2, 0.25) is 0 Å². The molecule has 0 spiro atoms. The largest absolute Gasteiger partial charge is 0.490 e. The summed E-state index contributed by atoms with van der Waals surface area (Å²) in [6, 6.07) is 0. The van der Waals surface area contributed by atoms with E-state index in [4.69, 9.17) is 25.8 Å². The Labute approximate surface area is 98.3 Å². The molecule has 1 aliphatic carbocycles. The van der Waals surface area contributed by atoms with Crippen molar-refractivity contribution in [2.75, 3.05) is 19.8 Å². The van der Waals surface area contributed by atoms with Gasteiger partial charge in [0.15, 0.2) is 5.76 Å². The Morgan fingerprint density at radius 2 is 1.56 bits per heavy atom. The highest BCUT2D eigenvalue weighted by molar-refractivity contribution is 6.32. The van der Waals surface area contributed by atoms with Gasteiger partial charge in [0.25, 0.3) is 5.79 Å². The molecule has 0 fully saturated rings. The maximum atomic E-state index is 13.8. The number of ether oxygens (including phenoxy) is 3. The summed E-state index contributed by atoms with van der Waals surface area (Å²) in [5.41, 5.74) is 0. The quantitative estimate of drug-likeness (QED) is 0.684. The molecular formula is C10H15ClF2O3. The van der Waals surface area contributed by atoms with E-state index in [-0.39, 0.29) is 24.9 Å². The summed E-state index contributed by atoms with van der Waals surface area (Å²) in [7, 11) is 0. The lowest BCUT2D eigenvalue weighted by molar-refractivity contribution is -0.330. The molecule has 0 unspecified atom stereocenters. The van der Waals surface area contributed by atoms with Crippen molar-refractivity contribution < 1.29 is 23.0 Å². The smallest absolute Gasteiger partial charge is 0.363 e. The van der Waals surface area contributed by atoms with E-state index in [0.29, 0.717) is 0 Å². The lowest BCUT2D eigenvalue weighted by Crippen LogP contribution is -2.62. The summed E-state index contributed by atoms with van der Waals surface area (Å²) in [6.45, 7) is 5.07. The molecule has 94 valence electrons. The van der Waals surface area contributed by atoms with Gasteiger partial charge in [-0.1, -0.05) is 11.6 Å². The van der Waals surface area contributed by atoms with Gasteiger partial charge in [-0.3, -0.25) is 0 Å². The van der Waals surface area contributed by atoms with Gasteiger partial charge in [0.1, 0.15) is 5.03 Å². The van der Waals surface area contributed by atoms with Crippen molar-refractivity contribution in [3.05, 3.63) is 10.8 Å². The van der Waals surface area contributed by atoms with Crippen molar-refractivity contribution in [1.29, 1.82) is 0 Å². The molecule has 3 nitrogen and oxygen atoms in total. The standard InChI is InChI=1S/C10H15ClF2O3/c1-4-14-8-7(11)10(15-5-2,16-6-3)9(8,12)13/h4-6H2,1-3H3. The van der Waals surface area contributed by atoms with Crippen LogP contribution >= 0.6 is 11.6 Å². The molecule has 0 aliphatic heterocycles. The molecular weight excluding hydrogens is 242 g/mol. The first-order valence-corrected chi connectivity index (χ1v) is 5.54. The molecule has 0 saturated heterocycles. The summed E-state index contributed by atoms with van der Waals surface area (Å²) >= 11 is 5.78. The molecule has 0 aromatic heterocycles. The molecule has 1 aliphatic rings. The maximum Gasteiger partial charge on any atom is 0.363 e. The zero-order valence-corrected chi connectivity index (χ0v) is 10.2. The van der Waals surface area contributed by atoms with E-state index >= 15 is 0 Å². The van der Waals surface area contributed by atoms with Gasteiger partial charge >= 0.3 is 5.92 Å². The van der Waals surface area contributed by atoms with Crippen molar-refractivity contribution in [1.82, 2.24) is 0 Å². The van der Waals surface area contributed by atoms with E-state index in [1.54, 1.807) is 20.8 Å². The Bertz CT molecular complexity index is 286. The van der Waals surface area contributed by atoms with Crippen LogP contribution in [0.1, 0.15) is 20.8 Å². The molecule has 0 N–H and O–H groups in total. The zero-order chi connectivity index (χ0) is 12.4. The highest BCUT2D eigenvalue weighted by atomic mass is 35.5. The first-order chi connectivity index (χ1) is 7.47. The van der Waals surface area contributed by atoms with E-state index in [0.717, 1.165) is 0 Å². The fourth-order valence-corrected chi connectivity index (χ4v) is 1.97. The van der Waals surface area contributed by atoms with Crippen LogP contribution in [0, 0.1) is 0 Å². The Kier molecular flexibility index (Phi) is 4.15. The topological polar surface area (TPSA) is 27.7 Å². The number of alkyl halides is 2. The van der Waals surface area contributed by atoms with Crippen LogP contribution in [0.5, 0.6) is 0 Å².